The van der Waals surface area contributed by atoms with Crippen molar-refractivity contribution in [1.29, 1.82) is 0 Å². The zero-order valence-corrected chi connectivity index (χ0v) is 13.1. The van der Waals surface area contributed by atoms with Gasteiger partial charge in [-0.15, -0.1) is 0 Å². The van der Waals surface area contributed by atoms with Crippen LogP contribution >= 0.6 is 0 Å². The van der Waals surface area contributed by atoms with E-state index in [4.69, 9.17) is 0 Å². The molecule has 0 spiro atoms. The maximum absolute atomic E-state index is 3.65. The molecular weight excluding hydrogens is 222 g/mol. The fourth-order valence-corrected chi connectivity index (χ4v) is 2.84. The van der Waals surface area contributed by atoms with Crippen LogP contribution in [0.2, 0.25) is 0 Å². The second kappa shape index (κ2) is 6.88. The Hall–Kier alpha value is -0.120. The van der Waals surface area contributed by atoms with E-state index in [1.165, 1.54) is 32.1 Å². The topological polar surface area (TPSA) is 27.3 Å². The number of hydrogen-bond acceptors (Lipinski definition) is 3. The Bertz CT molecular complexity index is 224. The number of likely N-dealkylation sites (N-methyl/N-ethyl adjacent to an activating group) is 1. The average molecular weight is 255 g/mol. The smallest absolute Gasteiger partial charge is 0.0327 e. The summed E-state index contributed by atoms with van der Waals surface area (Å²) in [5.41, 5.74) is 0.631. The van der Waals surface area contributed by atoms with E-state index in [0.29, 0.717) is 5.54 Å². The molecule has 1 aliphatic carbocycles. The van der Waals surface area contributed by atoms with Gasteiger partial charge < -0.3 is 15.5 Å². The summed E-state index contributed by atoms with van der Waals surface area (Å²) in [5.74, 6) is 0. The minimum atomic E-state index is 0.228. The lowest BCUT2D eigenvalue weighted by Gasteiger charge is -2.43. The molecule has 0 unspecified atom stereocenters. The van der Waals surface area contributed by atoms with Crippen LogP contribution in [-0.4, -0.2) is 49.7 Å². The Morgan fingerprint density at radius 1 is 1.00 bits per heavy atom. The Kier molecular flexibility index (Phi) is 6.09. The molecule has 108 valence electrons. The minimum Gasteiger partial charge on any atom is -0.314 e. The van der Waals surface area contributed by atoms with Crippen molar-refractivity contribution in [3.05, 3.63) is 0 Å². The Morgan fingerprint density at radius 3 is 2.11 bits per heavy atom. The van der Waals surface area contributed by atoms with Gasteiger partial charge in [-0.25, -0.2) is 0 Å². The maximum Gasteiger partial charge on any atom is 0.0327 e. The van der Waals surface area contributed by atoms with Gasteiger partial charge in [-0.1, -0.05) is 19.3 Å². The molecule has 0 aromatic carbocycles. The van der Waals surface area contributed by atoms with Crippen molar-refractivity contribution in [2.24, 2.45) is 0 Å². The van der Waals surface area contributed by atoms with Gasteiger partial charge in [-0.05, 0) is 47.7 Å². The van der Waals surface area contributed by atoms with Crippen molar-refractivity contribution in [2.45, 2.75) is 64.0 Å². The molecule has 3 nitrogen and oxygen atoms in total. The lowest BCUT2D eigenvalue weighted by Crippen LogP contribution is -2.53. The van der Waals surface area contributed by atoms with E-state index in [1.54, 1.807) is 0 Å². The molecule has 0 aromatic rings. The summed E-state index contributed by atoms with van der Waals surface area (Å²) in [7, 11) is 4.47. The fraction of sp³-hybridized carbons (Fsp3) is 1.00. The van der Waals surface area contributed by atoms with E-state index in [1.807, 2.05) is 0 Å². The first-order valence-corrected chi connectivity index (χ1v) is 7.49. The molecule has 0 saturated heterocycles. The zero-order valence-electron chi connectivity index (χ0n) is 13.1. The summed E-state index contributed by atoms with van der Waals surface area (Å²) < 4.78 is 0. The lowest BCUT2D eigenvalue weighted by molar-refractivity contribution is 0.0988. The predicted octanol–water partition coefficient (Wildman–Crippen LogP) is 2.23. The first kappa shape index (κ1) is 15.9. The van der Waals surface area contributed by atoms with Gasteiger partial charge in [0, 0.05) is 30.7 Å². The van der Waals surface area contributed by atoms with Gasteiger partial charge in [0.2, 0.25) is 0 Å². The molecule has 1 saturated carbocycles. The van der Waals surface area contributed by atoms with Gasteiger partial charge >= 0.3 is 0 Å². The first-order chi connectivity index (χ1) is 8.36. The largest absolute Gasteiger partial charge is 0.314 e. The van der Waals surface area contributed by atoms with Crippen LogP contribution in [-0.2, 0) is 0 Å². The molecular formula is C15H33N3. The third-order valence-electron chi connectivity index (χ3n) is 4.14. The summed E-state index contributed by atoms with van der Waals surface area (Å²) in [4.78, 5) is 2.44. The van der Waals surface area contributed by atoms with Crippen LogP contribution in [0.15, 0.2) is 0 Å². The fourth-order valence-electron chi connectivity index (χ4n) is 2.84. The van der Waals surface area contributed by atoms with E-state index in [2.05, 4.69) is 50.4 Å². The molecule has 3 heteroatoms. The summed E-state index contributed by atoms with van der Waals surface area (Å²) in [5, 5.41) is 7.17. The minimum absolute atomic E-state index is 0.228. The van der Waals surface area contributed by atoms with Crippen molar-refractivity contribution in [2.75, 3.05) is 33.7 Å². The quantitative estimate of drug-likeness (QED) is 0.713. The Balaban J connectivity index is 2.26. The predicted molar refractivity (Wildman–Crippen MR) is 80.1 cm³/mol. The van der Waals surface area contributed by atoms with Crippen LogP contribution in [0.4, 0.5) is 0 Å². The highest BCUT2D eigenvalue weighted by molar-refractivity contribution is 4.92. The zero-order chi connectivity index (χ0) is 13.6. The van der Waals surface area contributed by atoms with Crippen LogP contribution in [0.3, 0.4) is 0 Å². The molecule has 0 bridgehead atoms. The molecule has 0 amide bonds. The van der Waals surface area contributed by atoms with Crippen molar-refractivity contribution < 1.29 is 0 Å². The first-order valence-electron chi connectivity index (χ1n) is 7.49. The highest BCUT2D eigenvalue weighted by Crippen LogP contribution is 2.31. The highest BCUT2D eigenvalue weighted by Gasteiger charge is 2.33. The van der Waals surface area contributed by atoms with Crippen molar-refractivity contribution >= 4 is 0 Å². The molecule has 0 radical (unpaired) electrons. The molecule has 0 aromatic heterocycles. The summed E-state index contributed by atoms with van der Waals surface area (Å²) in [6.45, 7) is 9.89. The number of rotatable bonds is 6. The van der Waals surface area contributed by atoms with Crippen LogP contribution in [0.25, 0.3) is 0 Å². The van der Waals surface area contributed by atoms with Crippen molar-refractivity contribution in [1.82, 2.24) is 15.5 Å². The number of hydrogen-bond donors (Lipinski definition) is 2. The van der Waals surface area contributed by atoms with Crippen molar-refractivity contribution in [3.8, 4) is 0 Å². The van der Waals surface area contributed by atoms with E-state index < -0.39 is 0 Å². The third kappa shape index (κ3) is 5.25. The molecule has 0 atom stereocenters. The molecule has 1 fully saturated rings. The maximum atomic E-state index is 3.65. The molecule has 2 N–H and O–H groups in total. The SMILES string of the molecule is CN(C)C1(CNCCNC(C)(C)C)CCCCC1. The van der Waals surface area contributed by atoms with E-state index in [-0.39, 0.29) is 5.54 Å². The third-order valence-corrected chi connectivity index (χ3v) is 4.14. The Labute approximate surface area is 114 Å². The normalized spacial score (nSPS) is 20.3. The van der Waals surface area contributed by atoms with E-state index in [0.717, 1.165) is 19.6 Å². The van der Waals surface area contributed by atoms with Gasteiger partial charge in [0.25, 0.3) is 0 Å². The van der Waals surface area contributed by atoms with E-state index in [9.17, 15) is 0 Å². The van der Waals surface area contributed by atoms with Gasteiger partial charge in [-0.3, -0.25) is 0 Å². The van der Waals surface area contributed by atoms with Gasteiger partial charge in [0.05, 0.1) is 0 Å². The van der Waals surface area contributed by atoms with E-state index >= 15 is 0 Å². The molecule has 0 heterocycles. The standard InChI is InChI=1S/C15H33N3/c1-14(2,3)17-12-11-16-13-15(18(4)5)9-7-6-8-10-15/h16-17H,6-13H2,1-5H3. The van der Waals surface area contributed by atoms with Crippen LogP contribution in [0.5, 0.6) is 0 Å². The lowest BCUT2D eigenvalue weighted by atomic mass is 9.80. The number of nitrogens with one attached hydrogen (secondary N) is 2. The van der Waals surface area contributed by atoms with Gasteiger partial charge in [-0.2, -0.15) is 0 Å². The summed E-state index contributed by atoms with van der Waals surface area (Å²) in [6.07, 6.45) is 6.89. The van der Waals surface area contributed by atoms with Crippen LogP contribution < -0.4 is 10.6 Å². The average Bonchev–Trinajstić information content (AvgIpc) is 2.28. The Morgan fingerprint density at radius 2 is 1.61 bits per heavy atom. The van der Waals surface area contributed by atoms with Gasteiger partial charge in [0.15, 0.2) is 0 Å². The second-order valence-corrected chi connectivity index (χ2v) is 7.03. The summed E-state index contributed by atoms with van der Waals surface area (Å²) in [6, 6.07) is 0. The molecule has 18 heavy (non-hydrogen) atoms. The van der Waals surface area contributed by atoms with Gasteiger partial charge in [0.1, 0.15) is 0 Å². The van der Waals surface area contributed by atoms with Crippen molar-refractivity contribution in [3.63, 3.8) is 0 Å². The molecule has 1 aliphatic rings. The monoisotopic (exact) mass is 255 g/mol. The number of nitrogens with zero attached hydrogens (tertiary/aromatic N) is 1. The van der Waals surface area contributed by atoms with Crippen LogP contribution in [0.1, 0.15) is 52.9 Å². The molecule has 1 rings (SSSR count). The second-order valence-electron chi connectivity index (χ2n) is 7.03. The highest BCUT2D eigenvalue weighted by atomic mass is 15.2. The summed E-state index contributed by atoms with van der Waals surface area (Å²) >= 11 is 0. The van der Waals surface area contributed by atoms with Crippen LogP contribution in [0, 0.1) is 0 Å². The molecule has 0 aliphatic heterocycles.